The summed E-state index contributed by atoms with van der Waals surface area (Å²) in [6.07, 6.45) is 4.03. The van der Waals surface area contributed by atoms with Gasteiger partial charge in [0.15, 0.2) is 0 Å². The summed E-state index contributed by atoms with van der Waals surface area (Å²) in [7, 11) is 0. The zero-order valence-corrected chi connectivity index (χ0v) is 15.1. The van der Waals surface area contributed by atoms with E-state index in [4.69, 9.17) is 14.2 Å². The van der Waals surface area contributed by atoms with E-state index in [0.29, 0.717) is 12.0 Å². The molecule has 1 saturated heterocycles. The Hall–Kier alpha value is -2.63. The number of carbonyl (C=O) groups is 3. The van der Waals surface area contributed by atoms with E-state index in [-0.39, 0.29) is 18.1 Å². The van der Waals surface area contributed by atoms with Crippen LogP contribution in [0.3, 0.4) is 0 Å². The maximum atomic E-state index is 12.2. The highest BCUT2D eigenvalue weighted by molar-refractivity contribution is 5.93. The number of rotatable bonds is 2. The van der Waals surface area contributed by atoms with Gasteiger partial charge in [0.2, 0.25) is 0 Å². The van der Waals surface area contributed by atoms with Crippen LogP contribution in [0.15, 0.2) is 47.1 Å². The van der Waals surface area contributed by atoms with Gasteiger partial charge in [0.05, 0.1) is 5.92 Å². The summed E-state index contributed by atoms with van der Waals surface area (Å²) in [6, 6.07) is 0. The monoisotopic (exact) mass is 358 g/mol. The first-order chi connectivity index (χ1) is 12.2. The highest BCUT2D eigenvalue weighted by Gasteiger charge is 2.46. The summed E-state index contributed by atoms with van der Waals surface area (Å²) in [5.41, 5.74) is 2.43. The summed E-state index contributed by atoms with van der Waals surface area (Å²) in [4.78, 5) is 36.3. The molecule has 2 bridgehead atoms. The second-order valence-electron chi connectivity index (χ2n) is 7.17. The van der Waals surface area contributed by atoms with Crippen molar-refractivity contribution in [2.24, 2.45) is 5.92 Å². The highest BCUT2D eigenvalue weighted by Crippen LogP contribution is 2.38. The third kappa shape index (κ3) is 3.64. The van der Waals surface area contributed by atoms with Gasteiger partial charge in [0.1, 0.15) is 18.3 Å². The van der Waals surface area contributed by atoms with Crippen molar-refractivity contribution in [1.29, 1.82) is 0 Å². The first-order valence-corrected chi connectivity index (χ1v) is 8.59. The average molecular weight is 358 g/mol. The molecule has 3 rings (SSSR count). The summed E-state index contributed by atoms with van der Waals surface area (Å²) < 4.78 is 16.4. The number of esters is 3. The topological polar surface area (TPSA) is 78.9 Å². The Morgan fingerprint density at radius 3 is 2.62 bits per heavy atom. The molecule has 2 aliphatic heterocycles. The minimum absolute atomic E-state index is 0.217. The molecule has 0 spiro atoms. The molecule has 4 atom stereocenters. The fraction of sp³-hybridized carbons (Fsp3) is 0.450. The van der Waals surface area contributed by atoms with E-state index in [0.717, 1.165) is 11.1 Å². The molecule has 0 aromatic carbocycles. The molecule has 0 unspecified atom stereocenters. The van der Waals surface area contributed by atoms with Crippen molar-refractivity contribution in [3.63, 3.8) is 0 Å². The van der Waals surface area contributed by atoms with Gasteiger partial charge in [-0.05, 0) is 32.9 Å². The number of hydrogen-bond acceptors (Lipinski definition) is 6. The largest absolute Gasteiger partial charge is 0.458 e. The van der Waals surface area contributed by atoms with Gasteiger partial charge in [0.25, 0.3) is 0 Å². The number of ether oxygens (including phenoxy) is 3. The van der Waals surface area contributed by atoms with E-state index in [1.54, 1.807) is 26.0 Å². The molecule has 1 fully saturated rings. The molecule has 138 valence electrons. The number of carbonyl (C=O) groups excluding carboxylic acids is 3. The van der Waals surface area contributed by atoms with E-state index in [1.807, 2.05) is 6.92 Å². The van der Waals surface area contributed by atoms with Crippen LogP contribution < -0.4 is 0 Å². The Bertz CT molecular complexity index is 765. The fourth-order valence-electron chi connectivity index (χ4n) is 3.51. The predicted octanol–water partition coefficient (Wildman–Crippen LogP) is 2.55. The molecule has 0 saturated carbocycles. The third-order valence-corrected chi connectivity index (χ3v) is 4.64. The summed E-state index contributed by atoms with van der Waals surface area (Å²) in [5, 5.41) is 0. The normalized spacial score (nSPS) is 32.5. The Morgan fingerprint density at radius 1 is 1.19 bits per heavy atom. The standard InChI is InChI=1S/C20H22O6/c1-10(2)5-17(21)25-15-7-11(3)6-14-8-13(20(23)24-14)9-16-18(15)12(4)19(22)26-16/h5,7-8,14-16,18H,4,6,9H2,1-3H3/b11-7+/t14-,15-,16+,18+/m1/s1. The predicted molar refractivity (Wildman–Crippen MR) is 92.8 cm³/mol. The van der Waals surface area contributed by atoms with E-state index in [9.17, 15) is 14.4 Å². The smallest absolute Gasteiger partial charge is 0.334 e. The van der Waals surface area contributed by atoms with Crippen molar-refractivity contribution in [1.82, 2.24) is 0 Å². The molecule has 0 radical (unpaired) electrons. The lowest BCUT2D eigenvalue weighted by Gasteiger charge is -2.25. The Kier molecular flexibility index (Phi) is 4.85. The van der Waals surface area contributed by atoms with Crippen LogP contribution in [-0.2, 0) is 28.6 Å². The Labute approximate surface area is 152 Å². The first-order valence-electron chi connectivity index (χ1n) is 8.59. The molecule has 0 N–H and O–H groups in total. The van der Waals surface area contributed by atoms with E-state index in [2.05, 4.69) is 6.58 Å². The van der Waals surface area contributed by atoms with E-state index in [1.165, 1.54) is 6.08 Å². The molecular weight excluding hydrogens is 336 g/mol. The quantitative estimate of drug-likeness (QED) is 0.327. The van der Waals surface area contributed by atoms with Gasteiger partial charge >= 0.3 is 17.9 Å². The maximum Gasteiger partial charge on any atom is 0.334 e. The Morgan fingerprint density at radius 2 is 1.92 bits per heavy atom. The summed E-state index contributed by atoms with van der Waals surface area (Å²) in [6.45, 7) is 9.29. The third-order valence-electron chi connectivity index (χ3n) is 4.64. The van der Waals surface area contributed by atoms with Crippen LogP contribution in [-0.4, -0.2) is 36.2 Å². The molecule has 6 nitrogen and oxygen atoms in total. The van der Waals surface area contributed by atoms with Gasteiger partial charge in [-0.1, -0.05) is 17.7 Å². The molecule has 26 heavy (non-hydrogen) atoms. The summed E-state index contributed by atoms with van der Waals surface area (Å²) in [5.74, 6) is -1.96. The average Bonchev–Trinajstić information content (AvgIpc) is 2.97. The minimum Gasteiger partial charge on any atom is -0.458 e. The fourth-order valence-corrected chi connectivity index (χ4v) is 3.51. The molecule has 1 aliphatic carbocycles. The SMILES string of the molecule is C=C1C(=O)O[C@H]2CC3=C[C@@H](C/C(C)=C/[C@@H](OC(=O)C=C(C)C)[C@H]12)OC3=O. The molecule has 0 aromatic heterocycles. The molecule has 6 heteroatoms. The van der Waals surface area contributed by atoms with Crippen molar-refractivity contribution >= 4 is 17.9 Å². The van der Waals surface area contributed by atoms with Crippen LogP contribution in [0.4, 0.5) is 0 Å². The number of allylic oxidation sites excluding steroid dienone is 1. The molecule has 0 amide bonds. The van der Waals surface area contributed by atoms with Crippen LogP contribution in [0.2, 0.25) is 0 Å². The van der Waals surface area contributed by atoms with Crippen LogP contribution in [0.5, 0.6) is 0 Å². The van der Waals surface area contributed by atoms with Gasteiger partial charge in [-0.15, -0.1) is 0 Å². The number of hydrogen-bond donors (Lipinski definition) is 0. The van der Waals surface area contributed by atoms with Crippen molar-refractivity contribution in [2.45, 2.75) is 51.9 Å². The summed E-state index contributed by atoms with van der Waals surface area (Å²) >= 11 is 0. The molecule has 0 aromatic rings. The Balaban J connectivity index is 1.97. The van der Waals surface area contributed by atoms with E-state index < -0.39 is 36.0 Å². The van der Waals surface area contributed by atoms with Crippen LogP contribution in [0.1, 0.15) is 33.6 Å². The van der Waals surface area contributed by atoms with Gasteiger partial charge in [0, 0.05) is 30.1 Å². The van der Waals surface area contributed by atoms with Crippen LogP contribution in [0, 0.1) is 5.92 Å². The first kappa shape index (κ1) is 18.2. The zero-order chi connectivity index (χ0) is 19.0. The second kappa shape index (κ2) is 6.94. The van der Waals surface area contributed by atoms with Gasteiger partial charge < -0.3 is 14.2 Å². The van der Waals surface area contributed by atoms with Crippen molar-refractivity contribution in [3.05, 3.63) is 47.1 Å². The maximum absolute atomic E-state index is 12.2. The van der Waals surface area contributed by atoms with Crippen LogP contribution >= 0.6 is 0 Å². The lowest BCUT2D eigenvalue weighted by molar-refractivity contribution is -0.145. The highest BCUT2D eigenvalue weighted by atomic mass is 16.6. The van der Waals surface area contributed by atoms with Gasteiger partial charge in [-0.2, -0.15) is 0 Å². The molecular formula is C20H22O6. The molecule has 2 heterocycles. The van der Waals surface area contributed by atoms with Gasteiger partial charge in [-0.25, -0.2) is 14.4 Å². The zero-order valence-electron chi connectivity index (χ0n) is 15.1. The van der Waals surface area contributed by atoms with Gasteiger partial charge in [-0.3, -0.25) is 0 Å². The number of fused-ring (bicyclic) bond motifs is 2. The van der Waals surface area contributed by atoms with Crippen molar-refractivity contribution in [3.8, 4) is 0 Å². The van der Waals surface area contributed by atoms with E-state index >= 15 is 0 Å². The lowest BCUT2D eigenvalue weighted by atomic mass is 9.85. The minimum atomic E-state index is -0.699. The molecule has 3 aliphatic rings. The van der Waals surface area contributed by atoms with Crippen LogP contribution in [0.25, 0.3) is 0 Å². The van der Waals surface area contributed by atoms with Crippen molar-refractivity contribution in [2.75, 3.05) is 0 Å². The second-order valence-corrected chi connectivity index (χ2v) is 7.17. The lowest BCUT2D eigenvalue weighted by Crippen LogP contribution is -2.33. The van der Waals surface area contributed by atoms with Crippen molar-refractivity contribution < 1.29 is 28.6 Å².